The molecule has 0 atom stereocenters. The number of hydrogen-bond donors (Lipinski definition) is 1. The summed E-state index contributed by atoms with van der Waals surface area (Å²) in [5.41, 5.74) is 2.08. The second kappa shape index (κ2) is 6.61. The van der Waals surface area contributed by atoms with Crippen LogP contribution in [0.4, 0.5) is 10.5 Å². The molecule has 2 aromatic rings. The summed E-state index contributed by atoms with van der Waals surface area (Å²) in [6.07, 6.45) is 2.81. The van der Waals surface area contributed by atoms with Crippen molar-refractivity contribution in [2.24, 2.45) is 0 Å². The number of nitrogens with one attached hydrogen (secondary N) is 1. The van der Waals surface area contributed by atoms with Gasteiger partial charge in [0.2, 0.25) is 0 Å². The molecule has 3 amide bonds. The van der Waals surface area contributed by atoms with Gasteiger partial charge in [-0.2, -0.15) is 5.01 Å². The van der Waals surface area contributed by atoms with Crippen molar-refractivity contribution in [3.63, 3.8) is 0 Å². The quantitative estimate of drug-likeness (QED) is 0.505. The molecule has 1 aliphatic heterocycles. The number of hydrogen-bond acceptors (Lipinski definition) is 7. The fourth-order valence-corrected chi connectivity index (χ4v) is 2.73. The lowest BCUT2D eigenvalue weighted by molar-refractivity contribution is -0.384. The normalized spacial score (nSPS) is 15.7. The van der Waals surface area contributed by atoms with E-state index in [1.54, 1.807) is 12.1 Å². The van der Waals surface area contributed by atoms with Crippen LogP contribution in [0, 0.1) is 10.1 Å². The number of hydrazine groups is 1. The van der Waals surface area contributed by atoms with E-state index in [0.717, 1.165) is 12.1 Å². The molecule has 1 saturated heterocycles. The van der Waals surface area contributed by atoms with Gasteiger partial charge in [0.1, 0.15) is 5.76 Å². The number of nitrogens with zero attached hydrogens (tertiary/aromatic N) is 2. The van der Waals surface area contributed by atoms with E-state index in [0.29, 0.717) is 22.5 Å². The summed E-state index contributed by atoms with van der Waals surface area (Å²) in [4.78, 5) is 46.4. The number of rotatable bonds is 4. The third kappa shape index (κ3) is 3.43. The van der Waals surface area contributed by atoms with Gasteiger partial charge in [0, 0.05) is 23.8 Å². The van der Waals surface area contributed by atoms with Gasteiger partial charge >= 0.3 is 5.24 Å². The van der Waals surface area contributed by atoms with Crippen LogP contribution in [0.2, 0.25) is 0 Å². The van der Waals surface area contributed by atoms with Crippen molar-refractivity contribution in [3.8, 4) is 0 Å². The van der Waals surface area contributed by atoms with E-state index in [9.17, 15) is 24.5 Å². The molecule has 0 saturated carbocycles. The largest absolute Gasteiger partial charge is 0.465 e. The van der Waals surface area contributed by atoms with Crippen LogP contribution >= 0.6 is 11.8 Å². The molecule has 0 bridgehead atoms. The Morgan fingerprint density at radius 2 is 1.96 bits per heavy atom. The summed E-state index contributed by atoms with van der Waals surface area (Å²) in [5.74, 6) is -1.04. The molecule has 3 rings (SSSR count). The van der Waals surface area contributed by atoms with Gasteiger partial charge in [-0.05, 0) is 36.0 Å². The number of thioether (sulfide) groups is 1. The maximum atomic E-state index is 12.2. The highest BCUT2D eigenvalue weighted by atomic mass is 32.2. The van der Waals surface area contributed by atoms with Crippen LogP contribution in [0.25, 0.3) is 6.08 Å². The Kier molecular flexibility index (Phi) is 4.35. The number of nitro benzene ring substituents is 1. The van der Waals surface area contributed by atoms with E-state index >= 15 is 0 Å². The third-order valence-electron chi connectivity index (χ3n) is 3.16. The molecule has 1 aliphatic rings. The molecule has 126 valence electrons. The fourth-order valence-electron chi connectivity index (χ4n) is 1.97. The molecule has 1 aromatic carbocycles. The Balaban J connectivity index is 1.73. The molecule has 2 heterocycles. The molecule has 0 unspecified atom stereocenters. The lowest BCUT2D eigenvalue weighted by Gasteiger charge is -2.13. The second-order valence-electron chi connectivity index (χ2n) is 4.78. The number of non-ortho nitro benzene ring substituents is 1. The molecule has 25 heavy (non-hydrogen) atoms. The van der Waals surface area contributed by atoms with Crippen molar-refractivity contribution in [2.45, 2.75) is 0 Å². The topological polar surface area (TPSA) is 123 Å². The molecule has 9 nitrogen and oxygen atoms in total. The number of nitro groups is 1. The van der Waals surface area contributed by atoms with Crippen molar-refractivity contribution in [3.05, 3.63) is 69.0 Å². The van der Waals surface area contributed by atoms with E-state index in [4.69, 9.17) is 4.42 Å². The first-order valence-corrected chi connectivity index (χ1v) is 7.64. The van der Waals surface area contributed by atoms with Crippen molar-refractivity contribution in [1.82, 2.24) is 10.4 Å². The molecule has 0 spiro atoms. The van der Waals surface area contributed by atoms with Gasteiger partial charge in [-0.25, -0.2) is 0 Å². The highest BCUT2D eigenvalue weighted by Crippen LogP contribution is 2.31. The van der Waals surface area contributed by atoms with Crippen molar-refractivity contribution >= 4 is 40.6 Å². The predicted octanol–water partition coefficient (Wildman–Crippen LogP) is 2.57. The Bertz CT molecular complexity index is 889. The van der Waals surface area contributed by atoms with E-state index in [-0.39, 0.29) is 16.2 Å². The highest BCUT2D eigenvalue weighted by molar-refractivity contribution is 8.18. The van der Waals surface area contributed by atoms with Gasteiger partial charge in [0.25, 0.3) is 17.5 Å². The summed E-state index contributed by atoms with van der Waals surface area (Å²) < 4.78 is 5.08. The number of benzene rings is 1. The molecule has 1 N–H and O–H groups in total. The molecule has 0 radical (unpaired) electrons. The number of carbonyl (C=O) groups excluding carboxylic acids is 3. The van der Waals surface area contributed by atoms with Crippen LogP contribution in [-0.4, -0.2) is 27.0 Å². The molecule has 1 aromatic heterocycles. The molecule has 10 heteroatoms. The second-order valence-corrected chi connectivity index (χ2v) is 5.77. The zero-order chi connectivity index (χ0) is 18.0. The highest BCUT2D eigenvalue weighted by Gasteiger charge is 2.37. The van der Waals surface area contributed by atoms with Crippen molar-refractivity contribution < 1.29 is 23.7 Å². The zero-order valence-electron chi connectivity index (χ0n) is 12.4. The molecular weight excluding hydrogens is 350 g/mol. The Hall–Kier alpha value is -3.40. The standard InChI is InChI=1S/C15H9N3O6S/c19-13(9-3-5-10(6-4-9)18(22)23)16-17-14(20)12(25-15(17)21)8-11-2-1-7-24-11/h1-8H,(H,16,19)/b12-8-. The molecule has 0 aliphatic carbocycles. The van der Waals surface area contributed by atoms with Crippen molar-refractivity contribution in [2.75, 3.05) is 0 Å². The Morgan fingerprint density at radius 1 is 1.24 bits per heavy atom. The first kappa shape index (κ1) is 16.5. The lowest BCUT2D eigenvalue weighted by Crippen LogP contribution is -2.44. The van der Waals surface area contributed by atoms with Gasteiger partial charge in [0.05, 0.1) is 16.1 Å². The van der Waals surface area contributed by atoms with Crippen molar-refractivity contribution in [1.29, 1.82) is 0 Å². The van der Waals surface area contributed by atoms with Gasteiger partial charge in [0.15, 0.2) is 0 Å². The molecular formula is C15H9N3O6S. The monoisotopic (exact) mass is 359 g/mol. The van der Waals surface area contributed by atoms with Gasteiger partial charge in [-0.1, -0.05) is 0 Å². The summed E-state index contributed by atoms with van der Waals surface area (Å²) >= 11 is 0.658. The van der Waals surface area contributed by atoms with Crippen LogP contribution in [0.5, 0.6) is 0 Å². The minimum atomic E-state index is -0.739. The van der Waals surface area contributed by atoms with E-state index in [1.807, 2.05) is 0 Å². The van der Waals surface area contributed by atoms with Crippen LogP contribution < -0.4 is 5.43 Å². The van der Waals surface area contributed by atoms with Gasteiger partial charge < -0.3 is 4.42 Å². The number of amides is 3. The number of furan rings is 1. The average molecular weight is 359 g/mol. The van der Waals surface area contributed by atoms with Crippen LogP contribution in [0.3, 0.4) is 0 Å². The number of carbonyl (C=O) groups is 3. The average Bonchev–Trinajstić information content (AvgIpc) is 3.19. The summed E-state index contributed by atoms with van der Waals surface area (Å²) in [6.45, 7) is 0. The van der Waals surface area contributed by atoms with Crippen LogP contribution in [0.1, 0.15) is 16.1 Å². The minimum absolute atomic E-state index is 0.0691. The number of imide groups is 1. The maximum Gasteiger partial charge on any atom is 0.312 e. The predicted molar refractivity (Wildman–Crippen MR) is 87.1 cm³/mol. The third-order valence-corrected chi connectivity index (χ3v) is 4.03. The van der Waals surface area contributed by atoms with E-state index in [1.165, 1.54) is 24.5 Å². The Morgan fingerprint density at radius 3 is 2.56 bits per heavy atom. The van der Waals surface area contributed by atoms with E-state index in [2.05, 4.69) is 5.43 Å². The minimum Gasteiger partial charge on any atom is -0.465 e. The van der Waals surface area contributed by atoms with Gasteiger partial charge in [-0.15, -0.1) is 0 Å². The first-order valence-electron chi connectivity index (χ1n) is 6.82. The van der Waals surface area contributed by atoms with Crippen LogP contribution in [0.15, 0.2) is 52.0 Å². The summed E-state index contributed by atoms with van der Waals surface area (Å²) in [5, 5.41) is 10.5. The Labute approximate surface area is 144 Å². The van der Waals surface area contributed by atoms with Crippen LogP contribution in [-0.2, 0) is 4.79 Å². The summed E-state index contributed by atoms with van der Waals surface area (Å²) in [7, 11) is 0. The smallest absolute Gasteiger partial charge is 0.312 e. The SMILES string of the molecule is O=C(NN1C(=O)S/C(=C\c2ccco2)C1=O)c1ccc([N+](=O)[O-])cc1. The van der Waals surface area contributed by atoms with Gasteiger partial charge in [-0.3, -0.25) is 29.9 Å². The summed E-state index contributed by atoms with van der Waals surface area (Å²) in [6, 6.07) is 8.01. The fraction of sp³-hybridized carbons (Fsp3) is 0. The first-order chi connectivity index (χ1) is 12.0. The maximum absolute atomic E-state index is 12.2. The lowest BCUT2D eigenvalue weighted by atomic mass is 10.2. The molecule has 1 fully saturated rings. The van der Waals surface area contributed by atoms with E-state index < -0.39 is 22.0 Å². The zero-order valence-corrected chi connectivity index (χ0v) is 13.2.